The van der Waals surface area contributed by atoms with Crippen molar-refractivity contribution in [1.82, 2.24) is 15.5 Å². The molecule has 0 unspecified atom stereocenters. The maximum Gasteiger partial charge on any atom is 0.190 e. The first-order valence-corrected chi connectivity index (χ1v) is 8.37. The van der Waals surface area contributed by atoms with E-state index in [0.29, 0.717) is 0 Å². The quantitative estimate of drug-likeness (QED) is 0.277. The van der Waals surface area contributed by atoms with Gasteiger partial charge in [0.1, 0.15) is 0 Å². The van der Waals surface area contributed by atoms with Crippen molar-refractivity contribution in [3.8, 4) is 0 Å². The van der Waals surface area contributed by atoms with E-state index < -0.39 is 0 Å². The van der Waals surface area contributed by atoms with Crippen molar-refractivity contribution in [2.24, 2.45) is 4.99 Å². The largest absolute Gasteiger partial charge is 0.356 e. The topological polar surface area (TPSA) is 39.7 Å². The molecular formula is C15H29IN4S. The molecule has 1 aromatic heterocycles. The summed E-state index contributed by atoms with van der Waals surface area (Å²) >= 11 is 1.81. The van der Waals surface area contributed by atoms with E-state index in [0.717, 1.165) is 51.5 Å². The van der Waals surface area contributed by atoms with Crippen LogP contribution in [0.25, 0.3) is 0 Å². The molecule has 0 fully saturated rings. The van der Waals surface area contributed by atoms with Gasteiger partial charge in [-0.05, 0) is 43.9 Å². The van der Waals surface area contributed by atoms with Gasteiger partial charge in [-0.1, -0.05) is 19.9 Å². The van der Waals surface area contributed by atoms with Crippen molar-refractivity contribution in [2.75, 3.05) is 39.8 Å². The molecule has 6 heteroatoms. The van der Waals surface area contributed by atoms with Gasteiger partial charge in [0.2, 0.25) is 0 Å². The SMILES string of the molecule is CCN(CC)CCCNC(=NC)NCCc1cccs1.I. The molecule has 0 amide bonds. The zero-order valence-electron chi connectivity index (χ0n) is 13.4. The maximum absolute atomic E-state index is 4.25. The summed E-state index contributed by atoms with van der Waals surface area (Å²) in [6.07, 6.45) is 2.20. The molecule has 1 heterocycles. The number of halogens is 1. The molecule has 0 aliphatic heterocycles. The van der Waals surface area contributed by atoms with Crippen molar-refractivity contribution in [2.45, 2.75) is 26.7 Å². The lowest BCUT2D eigenvalue weighted by molar-refractivity contribution is 0.300. The van der Waals surface area contributed by atoms with E-state index in [2.05, 4.69) is 51.9 Å². The number of hydrogen-bond acceptors (Lipinski definition) is 3. The van der Waals surface area contributed by atoms with E-state index in [1.165, 1.54) is 4.88 Å². The normalized spacial score (nSPS) is 11.3. The number of hydrogen-bond donors (Lipinski definition) is 2. The van der Waals surface area contributed by atoms with Gasteiger partial charge in [0, 0.05) is 25.0 Å². The molecule has 0 aromatic carbocycles. The minimum Gasteiger partial charge on any atom is -0.356 e. The Morgan fingerprint density at radius 2 is 1.95 bits per heavy atom. The Hall–Kier alpha value is -0.340. The Labute approximate surface area is 150 Å². The molecule has 4 nitrogen and oxygen atoms in total. The number of thiophene rings is 1. The summed E-state index contributed by atoms with van der Waals surface area (Å²) < 4.78 is 0. The third kappa shape index (κ3) is 9.31. The van der Waals surface area contributed by atoms with Crippen LogP contribution in [0.3, 0.4) is 0 Å². The van der Waals surface area contributed by atoms with E-state index in [1.807, 2.05) is 7.05 Å². The van der Waals surface area contributed by atoms with Crippen LogP contribution in [0.1, 0.15) is 25.1 Å². The summed E-state index contributed by atoms with van der Waals surface area (Å²) in [5.41, 5.74) is 0. The number of nitrogens with one attached hydrogen (secondary N) is 2. The van der Waals surface area contributed by atoms with Crippen LogP contribution < -0.4 is 10.6 Å². The highest BCUT2D eigenvalue weighted by Gasteiger charge is 2.00. The lowest BCUT2D eigenvalue weighted by atomic mass is 10.3. The highest BCUT2D eigenvalue weighted by atomic mass is 127. The van der Waals surface area contributed by atoms with Crippen LogP contribution in [0.4, 0.5) is 0 Å². The van der Waals surface area contributed by atoms with Crippen molar-refractivity contribution >= 4 is 41.3 Å². The van der Waals surface area contributed by atoms with Crippen LogP contribution in [0.2, 0.25) is 0 Å². The summed E-state index contributed by atoms with van der Waals surface area (Å²) in [4.78, 5) is 8.10. The molecule has 21 heavy (non-hydrogen) atoms. The monoisotopic (exact) mass is 424 g/mol. The highest BCUT2D eigenvalue weighted by Crippen LogP contribution is 2.07. The fourth-order valence-electron chi connectivity index (χ4n) is 2.03. The van der Waals surface area contributed by atoms with E-state index in [1.54, 1.807) is 11.3 Å². The van der Waals surface area contributed by atoms with Gasteiger partial charge in [-0.3, -0.25) is 4.99 Å². The minimum absolute atomic E-state index is 0. The van der Waals surface area contributed by atoms with Crippen molar-refractivity contribution in [1.29, 1.82) is 0 Å². The fraction of sp³-hybridized carbons (Fsp3) is 0.667. The highest BCUT2D eigenvalue weighted by molar-refractivity contribution is 14.0. The number of aliphatic imine (C=N–C) groups is 1. The van der Waals surface area contributed by atoms with E-state index in [9.17, 15) is 0 Å². The lowest BCUT2D eigenvalue weighted by Gasteiger charge is -2.18. The van der Waals surface area contributed by atoms with Crippen LogP contribution >= 0.6 is 35.3 Å². The average Bonchev–Trinajstić information content (AvgIpc) is 2.98. The standard InChI is InChI=1S/C15H28N4S.HI/c1-4-19(5-2)12-7-10-17-15(16-3)18-11-9-14-8-6-13-20-14;/h6,8,13H,4-5,7,9-12H2,1-3H3,(H2,16,17,18);1H. The Kier molecular flexibility index (Phi) is 13.1. The van der Waals surface area contributed by atoms with Gasteiger partial charge in [-0.25, -0.2) is 0 Å². The van der Waals surface area contributed by atoms with Crippen LogP contribution in [0.15, 0.2) is 22.5 Å². The van der Waals surface area contributed by atoms with Gasteiger partial charge in [0.15, 0.2) is 5.96 Å². The second-order valence-electron chi connectivity index (χ2n) is 4.64. The third-order valence-electron chi connectivity index (χ3n) is 3.31. The summed E-state index contributed by atoms with van der Waals surface area (Å²) in [5.74, 6) is 0.904. The maximum atomic E-state index is 4.25. The minimum atomic E-state index is 0. The Balaban J connectivity index is 0.00000400. The zero-order chi connectivity index (χ0) is 14.6. The molecule has 1 aromatic rings. The summed E-state index contributed by atoms with van der Waals surface area (Å²) in [5, 5.41) is 8.85. The Morgan fingerprint density at radius 3 is 2.52 bits per heavy atom. The lowest BCUT2D eigenvalue weighted by Crippen LogP contribution is -2.39. The van der Waals surface area contributed by atoms with Crippen molar-refractivity contribution in [3.63, 3.8) is 0 Å². The van der Waals surface area contributed by atoms with Crippen molar-refractivity contribution in [3.05, 3.63) is 22.4 Å². The first kappa shape index (κ1) is 20.7. The number of rotatable bonds is 9. The average molecular weight is 424 g/mol. The van der Waals surface area contributed by atoms with Gasteiger partial charge >= 0.3 is 0 Å². The molecule has 0 radical (unpaired) electrons. The summed E-state index contributed by atoms with van der Waals surface area (Å²) in [6.45, 7) is 9.72. The molecule has 0 bridgehead atoms. The molecule has 0 atom stereocenters. The Morgan fingerprint density at radius 1 is 1.24 bits per heavy atom. The fourth-order valence-corrected chi connectivity index (χ4v) is 2.74. The van der Waals surface area contributed by atoms with E-state index in [-0.39, 0.29) is 24.0 Å². The molecule has 1 rings (SSSR count). The molecular weight excluding hydrogens is 395 g/mol. The predicted molar refractivity (Wildman–Crippen MR) is 105 cm³/mol. The molecule has 0 saturated carbocycles. The van der Waals surface area contributed by atoms with E-state index >= 15 is 0 Å². The van der Waals surface area contributed by atoms with Crippen molar-refractivity contribution < 1.29 is 0 Å². The van der Waals surface area contributed by atoms with Crippen LogP contribution in [0, 0.1) is 0 Å². The zero-order valence-corrected chi connectivity index (χ0v) is 16.5. The summed E-state index contributed by atoms with van der Waals surface area (Å²) in [6, 6.07) is 4.27. The molecule has 0 aliphatic carbocycles. The van der Waals surface area contributed by atoms with Gasteiger partial charge in [0.05, 0.1) is 0 Å². The second-order valence-corrected chi connectivity index (χ2v) is 5.67. The third-order valence-corrected chi connectivity index (χ3v) is 4.24. The first-order chi connectivity index (χ1) is 9.80. The second kappa shape index (κ2) is 13.3. The van der Waals surface area contributed by atoms with Crippen LogP contribution in [0.5, 0.6) is 0 Å². The number of guanidine groups is 1. The summed E-state index contributed by atoms with van der Waals surface area (Å²) in [7, 11) is 1.82. The van der Waals surface area contributed by atoms with Gasteiger partial charge in [-0.15, -0.1) is 35.3 Å². The predicted octanol–water partition coefficient (Wildman–Crippen LogP) is 2.81. The first-order valence-electron chi connectivity index (χ1n) is 7.49. The molecule has 0 spiro atoms. The van der Waals surface area contributed by atoms with Gasteiger partial charge in [0.25, 0.3) is 0 Å². The van der Waals surface area contributed by atoms with Gasteiger partial charge in [-0.2, -0.15) is 0 Å². The molecule has 0 saturated heterocycles. The smallest absolute Gasteiger partial charge is 0.190 e. The Bertz CT molecular complexity index is 364. The van der Waals surface area contributed by atoms with Gasteiger partial charge < -0.3 is 15.5 Å². The van der Waals surface area contributed by atoms with Crippen LogP contribution in [-0.2, 0) is 6.42 Å². The molecule has 0 aliphatic rings. The molecule has 2 N–H and O–H groups in total. The number of nitrogens with zero attached hydrogens (tertiary/aromatic N) is 2. The molecule has 122 valence electrons. The van der Waals surface area contributed by atoms with E-state index in [4.69, 9.17) is 0 Å². The van der Waals surface area contributed by atoms with Crippen LogP contribution in [-0.4, -0.2) is 50.6 Å².